The highest BCUT2D eigenvalue weighted by Gasteiger charge is 2.31. The van der Waals surface area contributed by atoms with E-state index >= 15 is 0 Å². The topological polar surface area (TPSA) is 46.3 Å². The fraction of sp³-hybridized carbons (Fsp3) is 0.300. The monoisotopic (exact) mass is 250 g/mol. The molecule has 0 unspecified atom stereocenters. The van der Waals surface area contributed by atoms with Crippen molar-refractivity contribution in [2.24, 2.45) is 0 Å². The van der Waals surface area contributed by atoms with Crippen LogP contribution in [0.1, 0.15) is 10.4 Å². The molecule has 1 aromatic carbocycles. The van der Waals surface area contributed by atoms with E-state index in [1.165, 1.54) is 6.07 Å². The summed E-state index contributed by atoms with van der Waals surface area (Å²) >= 11 is 0. The molecule has 7 heteroatoms. The van der Waals surface area contributed by atoms with Crippen molar-refractivity contribution in [1.29, 1.82) is 0 Å². The Hall–Kier alpha value is -1.79. The quantitative estimate of drug-likeness (QED) is 0.645. The first kappa shape index (κ1) is 13.3. The SMILES string of the molecule is CN(CC(F)(F)F)C(=O)c1ccc(N)c(F)c1. The maximum absolute atomic E-state index is 13.0. The van der Waals surface area contributed by atoms with E-state index in [4.69, 9.17) is 5.73 Å². The third-order valence-electron chi connectivity index (χ3n) is 2.01. The second kappa shape index (κ2) is 4.60. The second-order valence-corrected chi connectivity index (χ2v) is 3.51. The lowest BCUT2D eigenvalue weighted by Crippen LogP contribution is -2.35. The highest BCUT2D eigenvalue weighted by molar-refractivity contribution is 5.94. The van der Waals surface area contributed by atoms with Gasteiger partial charge in [0.15, 0.2) is 0 Å². The zero-order valence-electron chi connectivity index (χ0n) is 8.88. The number of alkyl halides is 3. The van der Waals surface area contributed by atoms with Crippen molar-refractivity contribution in [2.75, 3.05) is 19.3 Å². The Labute approximate surface area is 94.8 Å². The van der Waals surface area contributed by atoms with Gasteiger partial charge in [0.25, 0.3) is 5.91 Å². The molecule has 0 aliphatic heterocycles. The van der Waals surface area contributed by atoms with Gasteiger partial charge < -0.3 is 10.6 Å². The minimum Gasteiger partial charge on any atom is -0.396 e. The van der Waals surface area contributed by atoms with Crippen LogP contribution < -0.4 is 5.73 Å². The summed E-state index contributed by atoms with van der Waals surface area (Å²) in [7, 11) is 0.990. The van der Waals surface area contributed by atoms with Crippen molar-refractivity contribution >= 4 is 11.6 Å². The summed E-state index contributed by atoms with van der Waals surface area (Å²) in [4.78, 5) is 12.0. The number of carbonyl (C=O) groups excluding carboxylic acids is 1. The lowest BCUT2D eigenvalue weighted by Gasteiger charge is -2.19. The summed E-state index contributed by atoms with van der Waals surface area (Å²) in [6, 6.07) is 3.11. The maximum Gasteiger partial charge on any atom is 0.406 e. The van der Waals surface area contributed by atoms with E-state index in [0.29, 0.717) is 4.90 Å². The van der Waals surface area contributed by atoms with Gasteiger partial charge in [0.2, 0.25) is 0 Å². The van der Waals surface area contributed by atoms with E-state index < -0.39 is 24.4 Å². The van der Waals surface area contributed by atoms with Crippen LogP contribution >= 0.6 is 0 Å². The summed E-state index contributed by atoms with van der Waals surface area (Å²) in [5, 5.41) is 0. The minimum absolute atomic E-state index is 0.167. The van der Waals surface area contributed by atoms with Crippen molar-refractivity contribution in [3.05, 3.63) is 29.6 Å². The number of nitrogens with two attached hydrogens (primary N) is 1. The molecule has 1 amide bonds. The molecule has 0 heterocycles. The summed E-state index contributed by atoms with van der Waals surface area (Å²) in [5.41, 5.74) is 4.84. The standard InChI is InChI=1S/C10H10F4N2O/c1-16(5-10(12,13)14)9(17)6-2-3-8(15)7(11)4-6/h2-4H,5,15H2,1H3. The molecule has 3 nitrogen and oxygen atoms in total. The maximum atomic E-state index is 13.0. The number of halogens is 4. The van der Waals surface area contributed by atoms with Crippen LogP contribution in [0.3, 0.4) is 0 Å². The largest absolute Gasteiger partial charge is 0.406 e. The van der Waals surface area contributed by atoms with E-state index in [2.05, 4.69) is 0 Å². The molecular formula is C10H10F4N2O. The number of hydrogen-bond acceptors (Lipinski definition) is 2. The average molecular weight is 250 g/mol. The van der Waals surface area contributed by atoms with E-state index in [1.807, 2.05) is 0 Å². The van der Waals surface area contributed by atoms with Crippen LogP contribution in [0.25, 0.3) is 0 Å². The Bertz CT molecular complexity index is 431. The molecule has 0 atom stereocenters. The van der Waals surface area contributed by atoms with Crippen LogP contribution in [-0.4, -0.2) is 30.6 Å². The first-order valence-electron chi connectivity index (χ1n) is 4.58. The molecule has 0 spiro atoms. The summed E-state index contributed by atoms with van der Waals surface area (Å²) in [5.74, 6) is -1.75. The molecule has 94 valence electrons. The van der Waals surface area contributed by atoms with Crippen molar-refractivity contribution in [2.45, 2.75) is 6.18 Å². The minimum atomic E-state index is -4.49. The number of anilines is 1. The van der Waals surface area contributed by atoms with Crippen molar-refractivity contribution in [1.82, 2.24) is 4.90 Å². The van der Waals surface area contributed by atoms with Crippen LogP contribution in [-0.2, 0) is 0 Å². The molecule has 0 aromatic heterocycles. The van der Waals surface area contributed by atoms with E-state index in [1.54, 1.807) is 0 Å². The van der Waals surface area contributed by atoms with Crippen molar-refractivity contribution in [3.63, 3.8) is 0 Å². The van der Waals surface area contributed by atoms with Gasteiger partial charge in [-0.3, -0.25) is 4.79 Å². The van der Waals surface area contributed by atoms with Crippen LogP contribution in [0.4, 0.5) is 23.2 Å². The fourth-order valence-corrected chi connectivity index (χ4v) is 1.22. The predicted molar refractivity (Wildman–Crippen MR) is 53.8 cm³/mol. The zero-order valence-corrected chi connectivity index (χ0v) is 8.88. The molecule has 1 rings (SSSR count). The Morgan fingerprint density at radius 3 is 2.47 bits per heavy atom. The van der Waals surface area contributed by atoms with Crippen molar-refractivity contribution < 1.29 is 22.4 Å². The number of benzene rings is 1. The van der Waals surface area contributed by atoms with Gasteiger partial charge in [-0.1, -0.05) is 0 Å². The first-order valence-corrected chi connectivity index (χ1v) is 4.58. The summed E-state index contributed by atoms with van der Waals surface area (Å²) in [6.45, 7) is -1.39. The number of hydrogen-bond donors (Lipinski definition) is 1. The second-order valence-electron chi connectivity index (χ2n) is 3.51. The van der Waals surface area contributed by atoms with Gasteiger partial charge in [0.1, 0.15) is 12.4 Å². The number of amides is 1. The molecule has 0 bridgehead atoms. The average Bonchev–Trinajstić information content (AvgIpc) is 2.18. The molecular weight excluding hydrogens is 240 g/mol. The van der Waals surface area contributed by atoms with Gasteiger partial charge in [-0.2, -0.15) is 13.2 Å². The summed E-state index contributed by atoms with van der Waals surface area (Å²) < 4.78 is 49.1. The first-order chi connectivity index (χ1) is 7.70. The molecule has 0 radical (unpaired) electrons. The van der Waals surface area contributed by atoms with Crippen LogP contribution in [0.15, 0.2) is 18.2 Å². The molecule has 1 aromatic rings. The Balaban J connectivity index is 2.85. The smallest absolute Gasteiger partial charge is 0.396 e. The van der Waals surface area contributed by atoms with Gasteiger partial charge in [-0.15, -0.1) is 0 Å². The fourth-order valence-electron chi connectivity index (χ4n) is 1.22. The molecule has 0 fully saturated rings. The molecule has 17 heavy (non-hydrogen) atoms. The third kappa shape index (κ3) is 3.61. The van der Waals surface area contributed by atoms with Gasteiger partial charge in [-0.05, 0) is 18.2 Å². The highest BCUT2D eigenvalue weighted by Crippen LogP contribution is 2.18. The molecule has 2 N–H and O–H groups in total. The number of nitrogens with zero attached hydrogens (tertiary/aromatic N) is 1. The predicted octanol–water partition coefficient (Wildman–Crippen LogP) is 2.04. The van der Waals surface area contributed by atoms with Crippen LogP contribution in [0.2, 0.25) is 0 Å². The van der Waals surface area contributed by atoms with Gasteiger partial charge in [0.05, 0.1) is 5.69 Å². The van der Waals surface area contributed by atoms with Gasteiger partial charge in [-0.25, -0.2) is 4.39 Å². The number of nitrogen functional groups attached to an aromatic ring is 1. The van der Waals surface area contributed by atoms with E-state index in [9.17, 15) is 22.4 Å². The van der Waals surface area contributed by atoms with Gasteiger partial charge >= 0.3 is 6.18 Å². The van der Waals surface area contributed by atoms with Crippen LogP contribution in [0, 0.1) is 5.82 Å². The molecule has 0 saturated carbocycles. The van der Waals surface area contributed by atoms with E-state index in [0.717, 1.165) is 19.2 Å². The normalized spacial score (nSPS) is 11.4. The third-order valence-corrected chi connectivity index (χ3v) is 2.01. The van der Waals surface area contributed by atoms with E-state index in [-0.39, 0.29) is 11.3 Å². The molecule has 0 aliphatic rings. The molecule has 0 saturated heterocycles. The van der Waals surface area contributed by atoms with Gasteiger partial charge in [0, 0.05) is 12.6 Å². The Morgan fingerprint density at radius 1 is 1.41 bits per heavy atom. The lowest BCUT2D eigenvalue weighted by molar-refractivity contribution is -0.138. The highest BCUT2D eigenvalue weighted by atomic mass is 19.4. The lowest BCUT2D eigenvalue weighted by atomic mass is 10.2. The number of rotatable bonds is 2. The Kier molecular flexibility index (Phi) is 3.59. The Morgan fingerprint density at radius 2 is 2.00 bits per heavy atom. The zero-order chi connectivity index (χ0) is 13.2. The summed E-state index contributed by atoms with van der Waals surface area (Å²) in [6.07, 6.45) is -4.49. The van der Waals surface area contributed by atoms with Crippen molar-refractivity contribution in [3.8, 4) is 0 Å². The van der Waals surface area contributed by atoms with Crippen LogP contribution in [0.5, 0.6) is 0 Å². The molecule has 0 aliphatic carbocycles. The number of carbonyl (C=O) groups is 1.